The maximum absolute atomic E-state index is 13.0. The van der Waals surface area contributed by atoms with Crippen LogP contribution in [-0.4, -0.2) is 29.0 Å². The van der Waals surface area contributed by atoms with Gasteiger partial charge >= 0.3 is 0 Å². The molecule has 0 aromatic heterocycles. The Kier molecular flexibility index (Phi) is 5.31. The minimum atomic E-state index is -0.567. The van der Waals surface area contributed by atoms with Crippen molar-refractivity contribution < 1.29 is 14.3 Å². The second-order valence-corrected chi connectivity index (χ2v) is 6.99. The van der Waals surface area contributed by atoms with Gasteiger partial charge in [0.1, 0.15) is 5.82 Å². The molecule has 1 aromatic rings. The summed E-state index contributed by atoms with van der Waals surface area (Å²) >= 11 is 0. The molecule has 1 aromatic carbocycles. The second-order valence-electron chi connectivity index (χ2n) is 6.99. The van der Waals surface area contributed by atoms with E-state index >= 15 is 0 Å². The van der Waals surface area contributed by atoms with Crippen molar-refractivity contribution >= 4 is 5.91 Å². The number of carbonyl (C=O) groups is 1. The Bertz CT molecular complexity index is 517. The number of rotatable bonds is 3. The Morgan fingerprint density at radius 1 is 1.04 bits per heavy atom. The fourth-order valence-corrected chi connectivity index (χ4v) is 3.98. The van der Waals surface area contributed by atoms with Gasteiger partial charge in [-0.05, 0) is 49.3 Å². The number of piperidine rings is 1. The molecular weight excluding hydrogens is 293 g/mol. The van der Waals surface area contributed by atoms with Gasteiger partial charge in [0.15, 0.2) is 0 Å². The van der Waals surface area contributed by atoms with Crippen LogP contribution in [0, 0.1) is 17.7 Å². The van der Waals surface area contributed by atoms with Crippen LogP contribution < -0.4 is 0 Å². The Morgan fingerprint density at radius 2 is 1.65 bits per heavy atom. The van der Waals surface area contributed by atoms with E-state index in [1.165, 1.54) is 31.4 Å². The summed E-state index contributed by atoms with van der Waals surface area (Å²) in [5.74, 6) is 0.409. The number of likely N-dealkylation sites (tertiary alicyclic amines) is 1. The number of carbonyl (C=O) groups excluding carboxylic acids is 1. The Balaban J connectivity index is 1.53. The fraction of sp³-hybridized carbons (Fsp3) is 0.632. The molecule has 0 bridgehead atoms. The van der Waals surface area contributed by atoms with Gasteiger partial charge in [-0.15, -0.1) is 0 Å². The number of aliphatic hydroxyl groups is 1. The average Bonchev–Trinajstić information content (AvgIpc) is 2.62. The van der Waals surface area contributed by atoms with Gasteiger partial charge < -0.3 is 10.0 Å². The predicted molar refractivity (Wildman–Crippen MR) is 87.2 cm³/mol. The van der Waals surface area contributed by atoms with Crippen LogP contribution in [-0.2, 0) is 4.79 Å². The lowest BCUT2D eigenvalue weighted by molar-refractivity contribution is -0.138. The molecular formula is C19H26FNO2. The third-order valence-corrected chi connectivity index (χ3v) is 5.46. The molecule has 4 heteroatoms. The van der Waals surface area contributed by atoms with Gasteiger partial charge in [-0.3, -0.25) is 4.79 Å². The van der Waals surface area contributed by atoms with Crippen LogP contribution in [0.1, 0.15) is 56.6 Å². The first-order valence-corrected chi connectivity index (χ1v) is 8.87. The highest BCUT2D eigenvalue weighted by Crippen LogP contribution is 2.32. The molecule has 2 fully saturated rings. The van der Waals surface area contributed by atoms with Crippen LogP contribution in [0.25, 0.3) is 0 Å². The number of nitrogens with zero attached hydrogens (tertiary/aromatic N) is 1. The molecule has 1 atom stereocenters. The number of benzene rings is 1. The lowest BCUT2D eigenvalue weighted by atomic mass is 9.85. The van der Waals surface area contributed by atoms with E-state index < -0.39 is 6.10 Å². The summed E-state index contributed by atoms with van der Waals surface area (Å²) in [7, 11) is 0. The average molecular weight is 319 g/mol. The maximum atomic E-state index is 13.0. The Labute approximate surface area is 137 Å². The third-order valence-electron chi connectivity index (χ3n) is 5.46. The van der Waals surface area contributed by atoms with Crippen molar-refractivity contribution in [3.8, 4) is 0 Å². The number of aliphatic hydroxyl groups excluding tert-OH is 1. The van der Waals surface area contributed by atoms with Crippen molar-refractivity contribution in [1.82, 2.24) is 4.90 Å². The van der Waals surface area contributed by atoms with Crippen LogP contribution in [0.5, 0.6) is 0 Å². The van der Waals surface area contributed by atoms with E-state index in [1.54, 1.807) is 12.1 Å². The summed E-state index contributed by atoms with van der Waals surface area (Å²) in [4.78, 5) is 14.5. The number of amides is 1. The van der Waals surface area contributed by atoms with Gasteiger partial charge in [0.25, 0.3) is 0 Å². The van der Waals surface area contributed by atoms with E-state index in [9.17, 15) is 14.3 Å². The maximum Gasteiger partial charge on any atom is 0.225 e. The van der Waals surface area contributed by atoms with Crippen molar-refractivity contribution in [2.24, 2.45) is 11.8 Å². The summed E-state index contributed by atoms with van der Waals surface area (Å²) in [6.07, 6.45) is 6.76. The molecule has 1 N–H and O–H groups in total. The SMILES string of the molecule is O=C(C1CCCCC1)N1CCC(C(O)c2ccc(F)cc2)CC1. The van der Waals surface area contributed by atoms with E-state index in [1.807, 2.05) is 4.90 Å². The standard InChI is InChI=1S/C19H26FNO2/c20-17-8-6-14(7-9-17)18(22)15-10-12-21(13-11-15)19(23)16-4-2-1-3-5-16/h6-9,15-16,18,22H,1-5,10-13H2. The van der Waals surface area contributed by atoms with E-state index in [4.69, 9.17) is 0 Å². The van der Waals surface area contributed by atoms with Gasteiger partial charge in [0.2, 0.25) is 5.91 Å². The molecule has 2 aliphatic rings. The molecule has 126 valence electrons. The lowest BCUT2D eigenvalue weighted by Crippen LogP contribution is -2.43. The zero-order valence-corrected chi connectivity index (χ0v) is 13.6. The zero-order valence-electron chi connectivity index (χ0n) is 13.6. The van der Waals surface area contributed by atoms with Crippen molar-refractivity contribution in [1.29, 1.82) is 0 Å². The van der Waals surface area contributed by atoms with Gasteiger partial charge in [0.05, 0.1) is 6.10 Å². The summed E-state index contributed by atoms with van der Waals surface area (Å²) < 4.78 is 13.0. The molecule has 1 saturated carbocycles. The van der Waals surface area contributed by atoms with Crippen LogP contribution in [0.3, 0.4) is 0 Å². The molecule has 0 radical (unpaired) electrons. The number of hydrogen-bond acceptors (Lipinski definition) is 2. The Hall–Kier alpha value is -1.42. The molecule has 1 unspecified atom stereocenters. The van der Waals surface area contributed by atoms with Gasteiger partial charge in [-0.1, -0.05) is 31.4 Å². The largest absolute Gasteiger partial charge is 0.388 e. The minimum absolute atomic E-state index is 0.149. The van der Waals surface area contributed by atoms with E-state index in [0.717, 1.165) is 44.3 Å². The van der Waals surface area contributed by atoms with Gasteiger partial charge in [-0.25, -0.2) is 4.39 Å². The monoisotopic (exact) mass is 319 g/mol. The molecule has 3 nitrogen and oxygen atoms in total. The first-order chi connectivity index (χ1) is 11.1. The molecule has 0 spiro atoms. The Morgan fingerprint density at radius 3 is 2.26 bits per heavy atom. The summed E-state index contributed by atoms with van der Waals surface area (Å²) in [5.41, 5.74) is 0.767. The first kappa shape index (κ1) is 16.4. The lowest BCUT2D eigenvalue weighted by Gasteiger charge is -2.36. The van der Waals surface area contributed by atoms with E-state index in [2.05, 4.69) is 0 Å². The van der Waals surface area contributed by atoms with Crippen molar-refractivity contribution in [2.45, 2.75) is 51.0 Å². The molecule has 1 saturated heterocycles. The van der Waals surface area contributed by atoms with E-state index in [-0.39, 0.29) is 17.7 Å². The van der Waals surface area contributed by atoms with Crippen molar-refractivity contribution in [3.05, 3.63) is 35.6 Å². The van der Waals surface area contributed by atoms with Crippen LogP contribution in [0.4, 0.5) is 4.39 Å². The fourth-order valence-electron chi connectivity index (χ4n) is 3.98. The summed E-state index contributed by atoms with van der Waals surface area (Å²) in [6, 6.07) is 6.08. The third kappa shape index (κ3) is 3.92. The molecule has 3 rings (SSSR count). The zero-order chi connectivity index (χ0) is 16.2. The van der Waals surface area contributed by atoms with Gasteiger partial charge in [-0.2, -0.15) is 0 Å². The minimum Gasteiger partial charge on any atom is -0.388 e. The quantitative estimate of drug-likeness (QED) is 0.923. The highest BCUT2D eigenvalue weighted by molar-refractivity contribution is 5.79. The molecule has 1 amide bonds. The van der Waals surface area contributed by atoms with Crippen LogP contribution in [0.15, 0.2) is 24.3 Å². The molecule has 1 aliphatic heterocycles. The van der Waals surface area contributed by atoms with Crippen molar-refractivity contribution in [2.75, 3.05) is 13.1 Å². The molecule has 1 aliphatic carbocycles. The van der Waals surface area contributed by atoms with E-state index in [0.29, 0.717) is 5.91 Å². The number of halogens is 1. The topological polar surface area (TPSA) is 40.5 Å². The highest BCUT2D eigenvalue weighted by atomic mass is 19.1. The van der Waals surface area contributed by atoms with Crippen LogP contribution >= 0.6 is 0 Å². The normalized spacial score (nSPS) is 22.1. The molecule has 1 heterocycles. The highest BCUT2D eigenvalue weighted by Gasteiger charge is 2.31. The smallest absolute Gasteiger partial charge is 0.225 e. The van der Waals surface area contributed by atoms with Gasteiger partial charge in [0, 0.05) is 19.0 Å². The van der Waals surface area contributed by atoms with Crippen LogP contribution in [0.2, 0.25) is 0 Å². The van der Waals surface area contributed by atoms with Crippen molar-refractivity contribution in [3.63, 3.8) is 0 Å². The summed E-state index contributed by atoms with van der Waals surface area (Å²) in [5, 5.41) is 10.5. The molecule has 23 heavy (non-hydrogen) atoms. The predicted octanol–water partition coefficient (Wildman–Crippen LogP) is 3.68. The summed E-state index contributed by atoms with van der Waals surface area (Å²) in [6.45, 7) is 1.47. The number of hydrogen-bond donors (Lipinski definition) is 1. The first-order valence-electron chi connectivity index (χ1n) is 8.87. The second kappa shape index (κ2) is 7.43.